The predicted molar refractivity (Wildman–Crippen MR) is 81.5 cm³/mol. The van der Waals surface area contributed by atoms with Crippen molar-refractivity contribution < 1.29 is 0 Å². The van der Waals surface area contributed by atoms with Crippen LogP contribution in [0.3, 0.4) is 0 Å². The SMILES string of the molecule is CCC(CC1CC1)n1c(=S)[nH]c2cc(Br)ccc21. The quantitative estimate of drug-likeness (QED) is 0.765. The fourth-order valence-corrected chi connectivity index (χ4v) is 3.38. The van der Waals surface area contributed by atoms with Crippen LogP contribution < -0.4 is 0 Å². The second-order valence-electron chi connectivity index (χ2n) is 5.20. The van der Waals surface area contributed by atoms with Crippen LogP contribution in [0.25, 0.3) is 11.0 Å². The van der Waals surface area contributed by atoms with Crippen molar-refractivity contribution in [3.05, 3.63) is 27.4 Å². The number of fused-ring (bicyclic) bond motifs is 1. The number of hydrogen-bond acceptors (Lipinski definition) is 1. The van der Waals surface area contributed by atoms with E-state index in [1.165, 1.54) is 24.8 Å². The van der Waals surface area contributed by atoms with Crippen molar-refractivity contribution in [1.82, 2.24) is 9.55 Å². The van der Waals surface area contributed by atoms with Gasteiger partial charge in [0.15, 0.2) is 4.77 Å². The van der Waals surface area contributed by atoms with Gasteiger partial charge < -0.3 is 9.55 Å². The Labute approximate surface area is 121 Å². The standard InChI is InChI=1S/C14H17BrN2S/c1-2-11(7-9-3-4-9)17-13-6-5-10(15)8-12(13)16-14(17)18/h5-6,8-9,11H,2-4,7H2,1H3,(H,16,18). The number of aromatic nitrogens is 2. The van der Waals surface area contributed by atoms with Crippen LogP contribution in [0.5, 0.6) is 0 Å². The maximum atomic E-state index is 5.50. The normalized spacial score (nSPS) is 17.2. The van der Waals surface area contributed by atoms with E-state index in [-0.39, 0.29) is 0 Å². The van der Waals surface area contributed by atoms with E-state index in [1.807, 2.05) is 0 Å². The summed E-state index contributed by atoms with van der Waals surface area (Å²) in [5.41, 5.74) is 2.36. The second kappa shape index (κ2) is 4.82. The summed E-state index contributed by atoms with van der Waals surface area (Å²) in [7, 11) is 0. The molecule has 0 spiro atoms. The van der Waals surface area contributed by atoms with Gasteiger partial charge in [0.25, 0.3) is 0 Å². The van der Waals surface area contributed by atoms with Crippen molar-refractivity contribution in [3.63, 3.8) is 0 Å². The van der Waals surface area contributed by atoms with Crippen molar-refractivity contribution in [1.29, 1.82) is 0 Å². The summed E-state index contributed by atoms with van der Waals surface area (Å²) in [4.78, 5) is 3.32. The average Bonchev–Trinajstić information content (AvgIpc) is 3.09. The minimum atomic E-state index is 0.542. The van der Waals surface area contributed by atoms with Crippen molar-refractivity contribution in [2.24, 2.45) is 5.92 Å². The highest BCUT2D eigenvalue weighted by Crippen LogP contribution is 2.39. The molecule has 2 aromatic rings. The summed E-state index contributed by atoms with van der Waals surface area (Å²) in [6.45, 7) is 2.26. The maximum absolute atomic E-state index is 5.50. The molecule has 1 N–H and O–H groups in total. The molecule has 1 atom stereocenters. The Balaban J connectivity index is 2.08. The van der Waals surface area contributed by atoms with Gasteiger partial charge in [-0.25, -0.2) is 0 Å². The number of rotatable bonds is 4. The van der Waals surface area contributed by atoms with Gasteiger partial charge in [-0.3, -0.25) is 0 Å². The number of H-pyrrole nitrogens is 1. The van der Waals surface area contributed by atoms with Crippen molar-refractivity contribution in [3.8, 4) is 0 Å². The van der Waals surface area contributed by atoms with E-state index in [4.69, 9.17) is 12.2 Å². The van der Waals surface area contributed by atoms with Crippen LogP contribution in [0.2, 0.25) is 0 Å². The van der Waals surface area contributed by atoms with Gasteiger partial charge in [0.05, 0.1) is 11.0 Å². The van der Waals surface area contributed by atoms with E-state index in [0.29, 0.717) is 6.04 Å². The lowest BCUT2D eigenvalue weighted by atomic mass is 10.1. The van der Waals surface area contributed by atoms with Crippen LogP contribution in [0.15, 0.2) is 22.7 Å². The molecule has 2 nitrogen and oxygen atoms in total. The molecule has 0 saturated heterocycles. The van der Waals surface area contributed by atoms with Gasteiger partial charge in [-0.15, -0.1) is 0 Å². The van der Waals surface area contributed by atoms with Gasteiger partial charge >= 0.3 is 0 Å². The third-order valence-electron chi connectivity index (χ3n) is 3.82. The summed E-state index contributed by atoms with van der Waals surface area (Å²) >= 11 is 9.01. The molecular formula is C14H17BrN2S. The monoisotopic (exact) mass is 324 g/mol. The lowest BCUT2D eigenvalue weighted by molar-refractivity contribution is 0.434. The molecule has 1 aliphatic carbocycles. The maximum Gasteiger partial charge on any atom is 0.178 e. The molecule has 18 heavy (non-hydrogen) atoms. The third kappa shape index (κ3) is 2.28. The Hall–Kier alpha value is -0.610. The van der Waals surface area contributed by atoms with Crippen LogP contribution in [0.4, 0.5) is 0 Å². The first-order valence-electron chi connectivity index (χ1n) is 6.58. The number of nitrogens with one attached hydrogen (secondary N) is 1. The van der Waals surface area contributed by atoms with Crippen LogP contribution in [-0.2, 0) is 0 Å². The number of imidazole rings is 1. The summed E-state index contributed by atoms with van der Waals surface area (Å²) in [6, 6.07) is 6.89. The Kier molecular flexibility index (Phi) is 3.32. The highest BCUT2D eigenvalue weighted by atomic mass is 79.9. The lowest BCUT2D eigenvalue weighted by Crippen LogP contribution is -2.09. The minimum Gasteiger partial charge on any atom is -0.331 e. The molecule has 1 aromatic carbocycles. The Bertz CT molecular complexity index is 624. The van der Waals surface area contributed by atoms with Gasteiger partial charge in [0.2, 0.25) is 0 Å². The third-order valence-corrected chi connectivity index (χ3v) is 4.61. The zero-order chi connectivity index (χ0) is 12.7. The summed E-state index contributed by atoms with van der Waals surface area (Å²) < 4.78 is 4.26. The molecule has 96 valence electrons. The van der Waals surface area contributed by atoms with Crippen LogP contribution in [-0.4, -0.2) is 9.55 Å². The molecular weight excluding hydrogens is 308 g/mol. The molecule has 0 aliphatic heterocycles. The topological polar surface area (TPSA) is 20.7 Å². The van der Waals surface area contributed by atoms with E-state index in [0.717, 1.165) is 27.1 Å². The highest BCUT2D eigenvalue weighted by Gasteiger charge is 2.26. The zero-order valence-electron chi connectivity index (χ0n) is 10.4. The molecule has 0 amide bonds. The summed E-state index contributed by atoms with van der Waals surface area (Å²) in [5, 5.41) is 0. The van der Waals surface area contributed by atoms with E-state index < -0.39 is 0 Å². The second-order valence-corrected chi connectivity index (χ2v) is 6.51. The Morgan fingerprint density at radius 3 is 2.94 bits per heavy atom. The van der Waals surface area contributed by atoms with Gasteiger partial charge in [0.1, 0.15) is 0 Å². The fourth-order valence-electron chi connectivity index (χ4n) is 2.66. The van der Waals surface area contributed by atoms with Crippen LogP contribution >= 0.6 is 28.1 Å². The van der Waals surface area contributed by atoms with E-state index in [9.17, 15) is 0 Å². The molecule has 1 heterocycles. The number of halogens is 1. The van der Waals surface area contributed by atoms with Crippen molar-refractivity contribution in [2.75, 3.05) is 0 Å². The van der Waals surface area contributed by atoms with Crippen molar-refractivity contribution >= 4 is 39.2 Å². The van der Waals surface area contributed by atoms with Crippen LogP contribution in [0.1, 0.15) is 38.6 Å². The van der Waals surface area contributed by atoms with Gasteiger partial charge in [-0.2, -0.15) is 0 Å². The van der Waals surface area contributed by atoms with E-state index >= 15 is 0 Å². The number of benzene rings is 1. The Morgan fingerprint density at radius 2 is 2.28 bits per heavy atom. The summed E-state index contributed by atoms with van der Waals surface area (Å²) in [6.07, 6.45) is 5.22. The number of hydrogen-bond donors (Lipinski definition) is 1. The van der Waals surface area contributed by atoms with Gasteiger partial charge in [-0.05, 0) is 49.2 Å². The molecule has 3 rings (SSSR count). The number of nitrogens with zero attached hydrogens (tertiary/aromatic N) is 1. The van der Waals surface area contributed by atoms with E-state index in [2.05, 4.69) is 50.6 Å². The molecule has 1 fully saturated rings. The first kappa shape index (κ1) is 12.4. The predicted octanol–water partition coefficient (Wildman–Crippen LogP) is 5.21. The molecule has 1 unspecified atom stereocenters. The molecule has 1 aromatic heterocycles. The highest BCUT2D eigenvalue weighted by molar-refractivity contribution is 9.10. The lowest BCUT2D eigenvalue weighted by Gasteiger charge is -2.17. The first-order valence-corrected chi connectivity index (χ1v) is 7.79. The summed E-state index contributed by atoms with van der Waals surface area (Å²) in [5.74, 6) is 0.928. The zero-order valence-corrected chi connectivity index (χ0v) is 12.9. The molecule has 0 radical (unpaired) electrons. The average molecular weight is 325 g/mol. The molecule has 1 saturated carbocycles. The van der Waals surface area contributed by atoms with E-state index in [1.54, 1.807) is 0 Å². The molecule has 4 heteroatoms. The first-order chi connectivity index (χ1) is 8.69. The largest absolute Gasteiger partial charge is 0.331 e. The Morgan fingerprint density at radius 1 is 1.50 bits per heavy atom. The fraction of sp³-hybridized carbons (Fsp3) is 0.500. The smallest absolute Gasteiger partial charge is 0.178 e. The van der Waals surface area contributed by atoms with Gasteiger partial charge in [-0.1, -0.05) is 35.7 Å². The number of aromatic amines is 1. The minimum absolute atomic E-state index is 0.542. The van der Waals surface area contributed by atoms with Crippen molar-refractivity contribution in [2.45, 2.75) is 38.6 Å². The van der Waals surface area contributed by atoms with Gasteiger partial charge in [0, 0.05) is 10.5 Å². The molecule has 1 aliphatic rings. The molecule has 0 bridgehead atoms. The van der Waals surface area contributed by atoms with Crippen LogP contribution in [0, 0.1) is 10.7 Å².